The van der Waals surface area contributed by atoms with Crippen molar-refractivity contribution in [3.63, 3.8) is 0 Å². The van der Waals surface area contributed by atoms with Crippen molar-refractivity contribution in [2.75, 3.05) is 11.5 Å². The Bertz CT molecular complexity index is 858. The summed E-state index contributed by atoms with van der Waals surface area (Å²) in [6, 6.07) is 11.1. The molecule has 0 fully saturated rings. The number of anilines is 2. The van der Waals surface area contributed by atoms with Crippen LogP contribution in [0.5, 0.6) is 0 Å². The Morgan fingerprint density at radius 1 is 0.625 bits per heavy atom. The van der Waals surface area contributed by atoms with Crippen LogP contribution in [0.3, 0.4) is 0 Å². The third kappa shape index (κ3) is 5.71. The molecule has 0 atom stereocenters. The molecule has 4 N–H and O–H groups in total. The summed E-state index contributed by atoms with van der Waals surface area (Å²) in [6.45, 7) is 4.58. The highest BCUT2D eigenvalue weighted by Crippen LogP contribution is 2.55. The van der Waals surface area contributed by atoms with Gasteiger partial charge in [-0.2, -0.15) is 0 Å². The second-order valence-electron chi connectivity index (χ2n) is 9.83. The van der Waals surface area contributed by atoms with Crippen molar-refractivity contribution in [2.45, 2.75) is 109 Å². The summed E-state index contributed by atoms with van der Waals surface area (Å²) in [4.78, 5) is 0. The normalized spacial score (nSPS) is 13.8. The molecule has 2 aromatic rings. The van der Waals surface area contributed by atoms with E-state index >= 15 is 0 Å². The minimum Gasteiger partial charge on any atom is -0.397 e. The Labute approximate surface area is 204 Å². The number of rotatable bonds is 14. The van der Waals surface area contributed by atoms with Crippen LogP contribution in [0, 0.1) is 0 Å². The zero-order valence-electron chi connectivity index (χ0n) is 20.3. The smallest absolute Gasteiger partial charge is 0.0554 e. The van der Waals surface area contributed by atoms with E-state index in [1.54, 1.807) is 0 Å². The molecule has 3 heteroatoms. The van der Waals surface area contributed by atoms with Crippen LogP contribution in [0.25, 0.3) is 11.1 Å². The molecule has 176 valence electrons. The first-order chi connectivity index (χ1) is 15.5. The van der Waals surface area contributed by atoms with Crippen LogP contribution in [-0.4, -0.2) is 0 Å². The van der Waals surface area contributed by atoms with E-state index in [4.69, 9.17) is 11.5 Å². The van der Waals surface area contributed by atoms with Crippen molar-refractivity contribution >= 4 is 27.3 Å². The van der Waals surface area contributed by atoms with Gasteiger partial charge in [-0.1, -0.05) is 113 Å². The molecule has 0 saturated carbocycles. The molecular weight excluding hydrogens is 456 g/mol. The summed E-state index contributed by atoms with van der Waals surface area (Å²) in [5.41, 5.74) is 19.7. The van der Waals surface area contributed by atoms with Crippen molar-refractivity contribution < 1.29 is 0 Å². The topological polar surface area (TPSA) is 52.0 Å². The van der Waals surface area contributed by atoms with Gasteiger partial charge in [-0.15, -0.1) is 0 Å². The third-order valence-electron chi connectivity index (χ3n) is 7.44. The summed E-state index contributed by atoms with van der Waals surface area (Å²) in [6.07, 6.45) is 18.3. The maximum absolute atomic E-state index is 6.36. The number of nitrogens with two attached hydrogens (primary N) is 2. The van der Waals surface area contributed by atoms with Gasteiger partial charge >= 0.3 is 0 Å². The van der Waals surface area contributed by atoms with Crippen molar-refractivity contribution in [3.8, 4) is 11.1 Å². The lowest BCUT2D eigenvalue weighted by molar-refractivity contribution is 0.398. The lowest BCUT2D eigenvalue weighted by Gasteiger charge is -2.33. The monoisotopic (exact) mass is 498 g/mol. The van der Waals surface area contributed by atoms with Gasteiger partial charge < -0.3 is 11.5 Å². The van der Waals surface area contributed by atoms with Gasteiger partial charge in [0.15, 0.2) is 0 Å². The standard InChI is InChI=1S/C29H43BrN2/c1-3-5-7-9-11-13-17-29(18-14-12-10-8-6-4-2)25-19-22(30)15-16-23(25)24-20-27(31)28(32)21-26(24)29/h15-16,19-21H,3-14,17-18,31-32H2,1-2H3. The Balaban J connectivity index is 1.89. The first-order valence-electron chi connectivity index (χ1n) is 13.0. The highest BCUT2D eigenvalue weighted by molar-refractivity contribution is 9.10. The third-order valence-corrected chi connectivity index (χ3v) is 7.93. The maximum atomic E-state index is 6.36. The van der Waals surface area contributed by atoms with Crippen LogP contribution in [0.15, 0.2) is 34.8 Å². The molecule has 0 amide bonds. The molecule has 0 aromatic heterocycles. The highest BCUT2D eigenvalue weighted by atomic mass is 79.9. The van der Waals surface area contributed by atoms with E-state index in [0.717, 1.165) is 5.69 Å². The summed E-state index contributed by atoms with van der Waals surface area (Å²) >= 11 is 3.76. The molecule has 0 heterocycles. The number of halogens is 1. The van der Waals surface area contributed by atoms with Gasteiger partial charge in [0.1, 0.15) is 0 Å². The predicted molar refractivity (Wildman–Crippen MR) is 145 cm³/mol. The number of unbranched alkanes of at least 4 members (excludes halogenated alkanes) is 10. The number of hydrogen-bond acceptors (Lipinski definition) is 2. The van der Waals surface area contributed by atoms with Crippen molar-refractivity contribution in [1.29, 1.82) is 0 Å². The largest absolute Gasteiger partial charge is 0.397 e. The van der Waals surface area contributed by atoms with Gasteiger partial charge in [0, 0.05) is 9.89 Å². The molecule has 32 heavy (non-hydrogen) atoms. The van der Waals surface area contributed by atoms with E-state index in [-0.39, 0.29) is 5.41 Å². The maximum Gasteiger partial charge on any atom is 0.0554 e. The van der Waals surface area contributed by atoms with Crippen molar-refractivity contribution in [2.24, 2.45) is 0 Å². The number of fused-ring (bicyclic) bond motifs is 3. The fourth-order valence-corrected chi connectivity index (χ4v) is 5.98. The number of benzene rings is 2. The van der Waals surface area contributed by atoms with E-state index in [9.17, 15) is 0 Å². The second-order valence-corrected chi connectivity index (χ2v) is 10.7. The van der Waals surface area contributed by atoms with Crippen LogP contribution in [0.1, 0.15) is 115 Å². The van der Waals surface area contributed by atoms with E-state index in [1.807, 2.05) is 0 Å². The van der Waals surface area contributed by atoms with E-state index in [1.165, 1.54) is 117 Å². The fourth-order valence-electron chi connectivity index (χ4n) is 5.62. The zero-order chi connectivity index (χ0) is 23.0. The van der Waals surface area contributed by atoms with E-state index in [0.29, 0.717) is 5.69 Å². The molecule has 1 aliphatic rings. The van der Waals surface area contributed by atoms with Gasteiger partial charge in [-0.25, -0.2) is 0 Å². The molecule has 0 aliphatic heterocycles. The second kappa shape index (κ2) is 12.1. The molecule has 1 aliphatic carbocycles. The molecule has 0 saturated heterocycles. The summed E-state index contributed by atoms with van der Waals surface area (Å²) in [5, 5.41) is 0. The summed E-state index contributed by atoms with van der Waals surface area (Å²) in [5.74, 6) is 0. The van der Waals surface area contributed by atoms with Crippen LogP contribution in [0.2, 0.25) is 0 Å². The summed E-state index contributed by atoms with van der Waals surface area (Å²) < 4.78 is 1.17. The lowest BCUT2D eigenvalue weighted by atomic mass is 9.70. The molecule has 3 rings (SSSR count). The molecule has 2 nitrogen and oxygen atoms in total. The Morgan fingerprint density at radius 2 is 1.12 bits per heavy atom. The Morgan fingerprint density at radius 3 is 1.72 bits per heavy atom. The lowest BCUT2D eigenvalue weighted by Crippen LogP contribution is -2.26. The van der Waals surface area contributed by atoms with Crippen LogP contribution in [-0.2, 0) is 5.41 Å². The van der Waals surface area contributed by atoms with Crippen LogP contribution in [0.4, 0.5) is 11.4 Å². The van der Waals surface area contributed by atoms with Gasteiger partial charge in [0.2, 0.25) is 0 Å². The number of nitrogen functional groups attached to an aromatic ring is 2. The highest BCUT2D eigenvalue weighted by Gasteiger charge is 2.42. The molecular formula is C29H43BrN2. The molecule has 0 unspecified atom stereocenters. The summed E-state index contributed by atoms with van der Waals surface area (Å²) in [7, 11) is 0. The van der Waals surface area contributed by atoms with Crippen molar-refractivity contribution in [3.05, 3.63) is 45.9 Å². The first kappa shape index (κ1) is 25.1. The Kier molecular flexibility index (Phi) is 9.52. The van der Waals surface area contributed by atoms with Gasteiger partial charge in [0.05, 0.1) is 11.4 Å². The Hall–Kier alpha value is -1.48. The molecule has 0 spiro atoms. The molecule has 2 aromatic carbocycles. The quantitative estimate of drug-likeness (QED) is 0.201. The van der Waals surface area contributed by atoms with Crippen molar-refractivity contribution in [1.82, 2.24) is 0 Å². The van der Waals surface area contributed by atoms with Gasteiger partial charge in [-0.05, 0) is 59.4 Å². The van der Waals surface area contributed by atoms with E-state index in [2.05, 4.69) is 60.1 Å². The average Bonchev–Trinajstić information content (AvgIpc) is 3.02. The van der Waals surface area contributed by atoms with Gasteiger partial charge in [-0.3, -0.25) is 0 Å². The average molecular weight is 500 g/mol. The predicted octanol–water partition coefficient (Wildman–Crippen LogP) is 9.38. The molecule has 0 bridgehead atoms. The van der Waals surface area contributed by atoms with E-state index < -0.39 is 0 Å². The molecule has 0 radical (unpaired) electrons. The van der Waals surface area contributed by atoms with Crippen LogP contribution < -0.4 is 11.5 Å². The minimum atomic E-state index is 0.0613. The number of hydrogen-bond donors (Lipinski definition) is 2. The zero-order valence-corrected chi connectivity index (χ0v) is 21.9. The van der Waals surface area contributed by atoms with Crippen LogP contribution >= 0.6 is 15.9 Å². The minimum absolute atomic E-state index is 0.0613. The fraction of sp³-hybridized carbons (Fsp3) is 0.586. The first-order valence-corrected chi connectivity index (χ1v) is 13.8. The SMILES string of the molecule is CCCCCCCCC1(CCCCCCCC)c2cc(Br)ccc2-c2cc(N)c(N)cc21. The van der Waals surface area contributed by atoms with Gasteiger partial charge in [0.25, 0.3) is 0 Å².